The van der Waals surface area contributed by atoms with Crippen molar-refractivity contribution >= 4 is 49.3 Å². The number of benzene rings is 4. The van der Waals surface area contributed by atoms with Crippen LogP contribution in [0.1, 0.15) is 26.6 Å². The van der Waals surface area contributed by atoms with Gasteiger partial charge in [-0.25, -0.2) is 9.37 Å². The van der Waals surface area contributed by atoms with Crippen molar-refractivity contribution in [3.05, 3.63) is 120 Å². The van der Waals surface area contributed by atoms with Gasteiger partial charge in [0, 0.05) is 54.4 Å². The second kappa shape index (κ2) is 13.5. The molecule has 0 aliphatic rings. The highest BCUT2D eigenvalue weighted by molar-refractivity contribution is 6.37. The number of nitrogens with zero attached hydrogens (tertiary/aromatic N) is 4. The highest BCUT2D eigenvalue weighted by Gasteiger charge is 2.27. The van der Waals surface area contributed by atoms with Crippen LogP contribution in [-0.4, -0.2) is 31.4 Å². The molecule has 0 fully saturated rings. The lowest BCUT2D eigenvalue weighted by Gasteiger charge is -2.29. The van der Waals surface area contributed by atoms with Gasteiger partial charge in [-0.05, 0) is 34.9 Å². The summed E-state index contributed by atoms with van der Waals surface area (Å²) in [6, 6.07) is 26.2. The number of para-hydroxylation sites is 1. The van der Waals surface area contributed by atoms with Gasteiger partial charge in [-0.3, -0.25) is 4.98 Å². The average Bonchev–Trinajstić information content (AvgIpc) is 3.48. The number of ether oxygens (including phenoxy) is 2. The van der Waals surface area contributed by atoms with Crippen LogP contribution in [0, 0.1) is 5.82 Å². The third kappa shape index (κ3) is 6.82. The average molecular weight is 665 g/mol. The molecule has 6 rings (SSSR count). The number of hydrogen-bond acceptors (Lipinski definition) is 6. The van der Waals surface area contributed by atoms with E-state index in [0.717, 1.165) is 16.9 Å². The monoisotopic (exact) mass is 664 g/mol. The molecule has 47 heavy (non-hydrogen) atoms. The predicted molar refractivity (Wildman–Crippen MR) is 187 cm³/mol. The number of pyridine rings is 1. The Bertz CT molecular complexity index is 2020. The fourth-order valence-corrected chi connectivity index (χ4v) is 6.10. The first kappa shape index (κ1) is 32.1. The van der Waals surface area contributed by atoms with Crippen molar-refractivity contribution in [2.24, 2.45) is 7.05 Å². The molecule has 0 N–H and O–H groups in total. The standard InChI is InChI=1S/C37H34ClFN4O3Si/c1-37(2,3)47-46-32-22-29(36(39)34(35(32)38)24-12-8-6-9-13-24)43(25-14-10-7-11-15-25)28-16-17-40-27-21-31(30(44-5)20-26(27)28)45-23-33-41-18-19-42(33)4/h6-22H,23H2,1-5H3. The lowest BCUT2D eigenvalue weighted by molar-refractivity contribution is 0.273. The highest BCUT2D eigenvalue weighted by atomic mass is 35.5. The molecular weight excluding hydrogens is 631 g/mol. The van der Waals surface area contributed by atoms with Crippen LogP contribution in [-0.2, 0) is 13.7 Å². The zero-order valence-corrected chi connectivity index (χ0v) is 28.5. The van der Waals surface area contributed by atoms with Gasteiger partial charge < -0.3 is 23.4 Å². The highest BCUT2D eigenvalue weighted by Crippen LogP contribution is 2.48. The molecular formula is C37H34ClFN4O3Si. The second-order valence-corrected chi connectivity index (χ2v) is 14.3. The van der Waals surface area contributed by atoms with Gasteiger partial charge in [0.2, 0.25) is 0 Å². The quantitative estimate of drug-likeness (QED) is 0.136. The van der Waals surface area contributed by atoms with Crippen LogP contribution in [0.3, 0.4) is 0 Å². The number of rotatable bonds is 10. The third-order valence-electron chi connectivity index (χ3n) is 7.46. The smallest absolute Gasteiger partial charge is 0.316 e. The first-order valence-corrected chi connectivity index (χ1v) is 16.4. The number of anilines is 3. The van der Waals surface area contributed by atoms with E-state index in [0.29, 0.717) is 34.0 Å². The van der Waals surface area contributed by atoms with E-state index < -0.39 is 5.82 Å². The van der Waals surface area contributed by atoms with Gasteiger partial charge in [0.05, 0.1) is 29.0 Å². The van der Waals surface area contributed by atoms with E-state index in [2.05, 4.69) is 30.7 Å². The number of aryl methyl sites for hydroxylation is 1. The van der Waals surface area contributed by atoms with Gasteiger partial charge in [0.25, 0.3) is 0 Å². The van der Waals surface area contributed by atoms with E-state index >= 15 is 4.39 Å². The Labute approximate surface area is 281 Å². The summed E-state index contributed by atoms with van der Waals surface area (Å²) in [6.45, 7) is 6.51. The first-order chi connectivity index (χ1) is 22.6. The van der Waals surface area contributed by atoms with E-state index in [1.807, 2.05) is 102 Å². The molecule has 0 saturated heterocycles. The Hall–Kier alpha value is -4.86. The third-order valence-corrected chi connectivity index (χ3v) is 8.77. The molecule has 0 spiro atoms. The van der Waals surface area contributed by atoms with Gasteiger partial charge in [0.1, 0.15) is 18.2 Å². The zero-order valence-electron chi connectivity index (χ0n) is 26.8. The normalized spacial score (nSPS) is 11.5. The summed E-state index contributed by atoms with van der Waals surface area (Å²) < 4.78 is 37.3. The lowest BCUT2D eigenvalue weighted by Crippen LogP contribution is -2.17. The summed E-state index contributed by atoms with van der Waals surface area (Å²) in [6.07, 6.45) is 5.29. The Morgan fingerprint density at radius 3 is 2.26 bits per heavy atom. The molecule has 6 aromatic rings. The van der Waals surface area contributed by atoms with E-state index in [9.17, 15) is 0 Å². The maximum atomic E-state index is 17.1. The number of imidazole rings is 1. The Morgan fingerprint density at radius 1 is 0.872 bits per heavy atom. The molecule has 238 valence electrons. The molecule has 0 aliphatic heterocycles. The van der Waals surface area contributed by atoms with Crippen molar-refractivity contribution in [1.82, 2.24) is 14.5 Å². The second-order valence-electron chi connectivity index (χ2n) is 12.0. The number of hydrogen-bond donors (Lipinski definition) is 0. The van der Waals surface area contributed by atoms with E-state index in [1.54, 1.807) is 25.6 Å². The van der Waals surface area contributed by atoms with Crippen molar-refractivity contribution in [3.63, 3.8) is 0 Å². The first-order valence-electron chi connectivity index (χ1n) is 15.1. The minimum absolute atomic E-state index is 0.0889. The number of aromatic nitrogens is 3. The minimum atomic E-state index is -0.483. The lowest BCUT2D eigenvalue weighted by atomic mass is 10.0. The molecule has 0 unspecified atom stereocenters. The van der Waals surface area contributed by atoms with E-state index in [-0.39, 0.29) is 37.7 Å². The fraction of sp³-hybridized carbons (Fsp3) is 0.189. The van der Waals surface area contributed by atoms with Crippen LogP contribution in [0.5, 0.6) is 17.2 Å². The summed E-state index contributed by atoms with van der Waals surface area (Å²) >= 11 is 6.95. The summed E-state index contributed by atoms with van der Waals surface area (Å²) in [4.78, 5) is 10.9. The minimum Gasteiger partial charge on any atom is -0.539 e. The van der Waals surface area contributed by atoms with Crippen molar-refractivity contribution < 1.29 is 18.3 Å². The predicted octanol–water partition coefficient (Wildman–Crippen LogP) is 9.70. The number of fused-ring (bicyclic) bond motifs is 1. The Balaban J connectivity index is 1.56. The molecule has 10 heteroatoms. The summed E-state index contributed by atoms with van der Waals surface area (Å²) in [5.74, 6) is 1.70. The molecule has 0 amide bonds. The molecule has 0 bridgehead atoms. The maximum Gasteiger partial charge on any atom is 0.316 e. The van der Waals surface area contributed by atoms with Crippen LogP contribution in [0.25, 0.3) is 22.0 Å². The molecule has 2 aromatic heterocycles. The van der Waals surface area contributed by atoms with Crippen LogP contribution in [0.4, 0.5) is 21.5 Å². The van der Waals surface area contributed by atoms with Gasteiger partial charge in [-0.2, -0.15) is 0 Å². The Kier molecular flexibility index (Phi) is 9.20. The number of halogens is 2. The maximum absolute atomic E-state index is 17.1. The molecule has 0 aliphatic carbocycles. The van der Waals surface area contributed by atoms with E-state index in [4.69, 9.17) is 25.5 Å². The van der Waals surface area contributed by atoms with Gasteiger partial charge >= 0.3 is 9.76 Å². The van der Waals surface area contributed by atoms with Gasteiger partial charge in [-0.15, -0.1) is 0 Å². The van der Waals surface area contributed by atoms with Crippen LogP contribution >= 0.6 is 11.6 Å². The Morgan fingerprint density at radius 2 is 1.60 bits per heavy atom. The molecule has 2 heterocycles. The molecule has 7 nitrogen and oxygen atoms in total. The number of methoxy groups -OCH3 is 1. The molecule has 2 radical (unpaired) electrons. The molecule has 0 atom stereocenters. The largest absolute Gasteiger partial charge is 0.539 e. The fourth-order valence-electron chi connectivity index (χ4n) is 5.17. The zero-order chi connectivity index (χ0) is 33.1. The van der Waals surface area contributed by atoms with Gasteiger partial charge in [0.15, 0.2) is 17.3 Å². The molecule has 4 aromatic carbocycles. The molecule has 0 saturated carbocycles. The van der Waals surface area contributed by atoms with Crippen LogP contribution in [0.2, 0.25) is 10.1 Å². The summed E-state index contributed by atoms with van der Waals surface area (Å²) in [5, 5.41) is 0.822. The van der Waals surface area contributed by atoms with Gasteiger partial charge in [-0.1, -0.05) is 80.9 Å². The van der Waals surface area contributed by atoms with Crippen LogP contribution < -0.4 is 18.8 Å². The SMILES string of the molecule is COc1cc2c(N(c3ccccc3)c3cc(O[Si]C(C)(C)C)c(Cl)c(-c4ccccc4)c3F)ccnc2cc1OCc1nccn1C. The van der Waals surface area contributed by atoms with Crippen molar-refractivity contribution in [2.75, 3.05) is 12.0 Å². The van der Waals surface area contributed by atoms with Crippen LogP contribution in [0.15, 0.2) is 104 Å². The van der Waals surface area contributed by atoms with Crippen molar-refractivity contribution in [2.45, 2.75) is 32.4 Å². The van der Waals surface area contributed by atoms with Crippen molar-refractivity contribution in [1.29, 1.82) is 0 Å². The summed E-state index contributed by atoms with van der Waals surface area (Å²) in [5.41, 5.74) is 3.24. The van der Waals surface area contributed by atoms with E-state index in [1.165, 1.54) is 0 Å². The van der Waals surface area contributed by atoms with Crippen molar-refractivity contribution in [3.8, 4) is 28.4 Å². The topological polar surface area (TPSA) is 61.6 Å². The summed E-state index contributed by atoms with van der Waals surface area (Å²) in [7, 11) is 3.59.